The minimum absolute atomic E-state index is 1.64. The molecule has 0 saturated heterocycles. The topological polar surface area (TPSA) is 138 Å². The fourth-order valence-corrected chi connectivity index (χ4v) is 0.760. The number of rotatable bonds is 0. The van der Waals surface area contributed by atoms with E-state index in [2.05, 4.69) is 29.9 Å². The lowest BCUT2D eigenvalue weighted by atomic mass is 10.3. The van der Waals surface area contributed by atoms with Crippen molar-refractivity contribution in [3.05, 3.63) is 74.4 Å². The molecule has 0 amide bonds. The molecule has 0 radical (unpaired) electrons. The lowest BCUT2D eigenvalue weighted by molar-refractivity contribution is 0.278. The SMILES string of the molecule is OB(O)O.c1cnccn1.c1cnccn1.c1cnccn1. The minimum atomic E-state index is -2.17. The molecule has 3 rings (SSSR count). The van der Waals surface area contributed by atoms with Crippen LogP contribution in [0.25, 0.3) is 0 Å². The van der Waals surface area contributed by atoms with Gasteiger partial charge in [-0.1, -0.05) is 0 Å². The van der Waals surface area contributed by atoms with Gasteiger partial charge in [0.05, 0.1) is 0 Å². The van der Waals surface area contributed by atoms with Crippen molar-refractivity contribution in [3.63, 3.8) is 0 Å². The number of nitrogens with zero attached hydrogens (tertiary/aromatic N) is 6. The zero-order valence-electron chi connectivity index (χ0n) is 11.5. The van der Waals surface area contributed by atoms with Crippen LogP contribution in [0.3, 0.4) is 0 Å². The van der Waals surface area contributed by atoms with Crippen LogP contribution in [0.1, 0.15) is 0 Å². The van der Waals surface area contributed by atoms with E-state index in [-0.39, 0.29) is 0 Å². The predicted molar refractivity (Wildman–Crippen MR) is 78.5 cm³/mol. The first kappa shape index (κ1) is 19.2. The summed E-state index contributed by atoms with van der Waals surface area (Å²) in [6.07, 6.45) is 19.7. The molecule has 0 aromatic carbocycles. The van der Waals surface area contributed by atoms with Crippen LogP contribution >= 0.6 is 0 Å². The van der Waals surface area contributed by atoms with E-state index in [1.807, 2.05) is 0 Å². The van der Waals surface area contributed by atoms with Gasteiger partial charge in [-0.15, -0.1) is 0 Å². The van der Waals surface area contributed by atoms with Gasteiger partial charge in [0, 0.05) is 74.4 Å². The lowest BCUT2D eigenvalue weighted by Crippen LogP contribution is -2.07. The van der Waals surface area contributed by atoms with Crippen LogP contribution in [0.5, 0.6) is 0 Å². The van der Waals surface area contributed by atoms with Gasteiger partial charge in [0.15, 0.2) is 0 Å². The quantitative estimate of drug-likeness (QED) is 0.463. The molecule has 0 spiro atoms. The Hall–Kier alpha value is -2.82. The van der Waals surface area contributed by atoms with Gasteiger partial charge in [-0.25, -0.2) is 0 Å². The van der Waals surface area contributed by atoms with Crippen molar-refractivity contribution in [2.24, 2.45) is 0 Å². The van der Waals surface area contributed by atoms with Gasteiger partial charge in [0.1, 0.15) is 0 Å². The van der Waals surface area contributed by atoms with E-state index in [0.29, 0.717) is 0 Å². The van der Waals surface area contributed by atoms with Crippen molar-refractivity contribution < 1.29 is 15.1 Å². The van der Waals surface area contributed by atoms with E-state index < -0.39 is 7.32 Å². The van der Waals surface area contributed by atoms with Gasteiger partial charge >= 0.3 is 7.32 Å². The summed E-state index contributed by atoms with van der Waals surface area (Å²) in [4.78, 5) is 22.3. The number of hydrogen-bond acceptors (Lipinski definition) is 9. The van der Waals surface area contributed by atoms with Crippen LogP contribution in [0.4, 0.5) is 0 Å². The van der Waals surface area contributed by atoms with Crippen molar-refractivity contribution in [2.45, 2.75) is 0 Å². The van der Waals surface area contributed by atoms with Crippen LogP contribution in [-0.2, 0) is 0 Å². The molecular weight excluding hydrogens is 287 g/mol. The van der Waals surface area contributed by atoms with Crippen molar-refractivity contribution in [3.8, 4) is 0 Å². The minimum Gasteiger partial charge on any atom is -0.402 e. The third-order valence-corrected chi connectivity index (χ3v) is 1.43. The molecule has 9 nitrogen and oxygen atoms in total. The maximum atomic E-state index is 7.17. The first-order valence-electron chi connectivity index (χ1n) is 5.87. The average Bonchev–Trinajstić information content (AvgIpc) is 2.60. The van der Waals surface area contributed by atoms with Crippen LogP contribution in [0.2, 0.25) is 0 Å². The highest BCUT2D eigenvalue weighted by molar-refractivity contribution is 6.30. The molecule has 0 aliphatic heterocycles. The Balaban J connectivity index is 0.000000271. The Labute approximate surface area is 127 Å². The summed E-state index contributed by atoms with van der Waals surface area (Å²) >= 11 is 0. The normalized spacial score (nSPS) is 7.77. The summed E-state index contributed by atoms with van der Waals surface area (Å²) < 4.78 is 0. The van der Waals surface area contributed by atoms with Crippen molar-refractivity contribution >= 4 is 7.32 Å². The third kappa shape index (κ3) is 19.5. The van der Waals surface area contributed by atoms with Gasteiger partial charge in [-0.2, -0.15) is 0 Å². The molecule has 0 atom stereocenters. The van der Waals surface area contributed by atoms with Gasteiger partial charge in [-0.05, 0) is 0 Å². The molecule has 3 heterocycles. The van der Waals surface area contributed by atoms with Crippen LogP contribution in [-0.4, -0.2) is 52.3 Å². The summed E-state index contributed by atoms with van der Waals surface area (Å²) in [5, 5.41) is 21.5. The smallest absolute Gasteiger partial charge is 0.402 e. The van der Waals surface area contributed by atoms with Crippen LogP contribution < -0.4 is 0 Å². The Morgan fingerprint density at radius 1 is 0.364 bits per heavy atom. The van der Waals surface area contributed by atoms with Gasteiger partial charge in [0.2, 0.25) is 0 Å². The summed E-state index contributed by atoms with van der Waals surface area (Å²) in [6, 6.07) is 0. The Bertz CT molecular complexity index is 363. The molecule has 10 heteroatoms. The standard InChI is InChI=1S/3C4H4N2.BH3O3/c3*1-2-6-4-3-5-1;2-1(3)4/h3*1-4H;2-4H. The highest BCUT2D eigenvalue weighted by Crippen LogP contribution is 1.67. The molecule has 0 aliphatic carbocycles. The molecule has 0 aliphatic rings. The monoisotopic (exact) mass is 302 g/mol. The van der Waals surface area contributed by atoms with E-state index in [1.54, 1.807) is 74.4 Å². The van der Waals surface area contributed by atoms with Gasteiger partial charge < -0.3 is 15.1 Å². The highest BCUT2D eigenvalue weighted by Gasteiger charge is 1.92. The Morgan fingerprint density at radius 2 is 0.455 bits per heavy atom. The first-order valence-corrected chi connectivity index (χ1v) is 5.87. The van der Waals surface area contributed by atoms with Crippen molar-refractivity contribution in [2.75, 3.05) is 0 Å². The fraction of sp³-hybridized carbons (Fsp3) is 0. The summed E-state index contributed by atoms with van der Waals surface area (Å²) in [7, 11) is -2.17. The van der Waals surface area contributed by atoms with E-state index in [4.69, 9.17) is 15.1 Å². The first-order chi connectivity index (χ1) is 10.7. The molecule has 0 fully saturated rings. The summed E-state index contributed by atoms with van der Waals surface area (Å²) in [5.41, 5.74) is 0. The Morgan fingerprint density at radius 3 is 0.500 bits per heavy atom. The maximum Gasteiger partial charge on any atom is 0.631 e. The van der Waals surface area contributed by atoms with Crippen molar-refractivity contribution in [1.29, 1.82) is 0 Å². The maximum absolute atomic E-state index is 7.17. The Kier molecular flexibility index (Phi) is 14.2. The van der Waals surface area contributed by atoms with Crippen LogP contribution in [0, 0.1) is 0 Å². The molecular formula is C12H15BN6O3. The van der Waals surface area contributed by atoms with E-state index in [9.17, 15) is 0 Å². The fourth-order valence-electron chi connectivity index (χ4n) is 0.760. The highest BCUT2D eigenvalue weighted by atomic mass is 16.5. The zero-order valence-corrected chi connectivity index (χ0v) is 11.5. The second-order valence-corrected chi connectivity index (χ2v) is 3.03. The molecule has 22 heavy (non-hydrogen) atoms. The second kappa shape index (κ2) is 16.2. The van der Waals surface area contributed by atoms with Crippen LogP contribution in [0.15, 0.2) is 74.4 Å². The number of hydrogen-bond donors (Lipinski definition) is 3. The molecule has 3 N–H and O–H groups in total. The molecule has 0 bridgehead atoms. The van der Waals surface area contributed by atoms with E-state index in [0.717, 1.165) is 0 Å². The lowest BCUT2D eigenvalue weighted by Gasteiger charge is -1.70. The van der Waals surface area contributed by atoms with Gasteiger partial charge in [-0.3, -0.25) is 29.9 Å². The molecule has 114 valence electrons. The van der Waals surface area contributed by atoms with Gasteiger partial charge in [0.25, 0.3) is 0 Å². The van der Waals surface area contributed by atoms with E-state index in [1.165, 1.54) is 0 Å². The number of aromatic nitrogens is 6. The average molecular weight is 302 g/mol. The summed E-state index contributed by atoms with van der Waals surface area (Å²) in [5.74, 6) is 0. The van der Waals surface area contributed by atoms with E-state index >= 15 is 0 Å². The predicted octanol–water partition coefficient (Wildman–Crippen LogP) is -0.622. The second-order valence-electron chi connectivity index (χ2n) is 3.03. The zero-order chi connectivity index (χ0) is 16.3. The summed E-state index contributed by atoms with van der Waals surface area (Å²) in [6.45, 7) is 0. The van der Waals surface area contributed by atoms with Crippen molar-refractivity contribution in [1.82, 2.24) is 29.9 Å². The molecule has 0 saturated carbocycles. The third-order valence-electron chi connectivity index (χ3n) is 1.43. The largest absolute Gasteiger partial charge is 0.631 e. The molecule has 3 aromatic rings. The molecule has 3 aromatic heterocycles. The molecule has 0 unspecified atom stereocenters.